The van der Waals surface area contributed by atoms with Gasteiger partial charge in [0.2, 0.25) is 0 Å². The van der Waals surface area contributed by atoms with Crippen LogP contribution in [0.5, 0.6) is 5.75 Å². The molecule has 0 heterocycles. The van der Waals surface area contributed by atoms with Crippen LogP contribution in [-0.2, 0) is 19.7 Å². The molecule has 3 aromatic carbocycles. The largest absolute Gasteiger partial charge is 0.494 e. The number of carbonyl (C=O) groups excluding carboxylic acids is 4. The number of hydrogen-bond acceptors (Lipinski definition) is 6. The van der Waals surface area contributed by atoms with Crippen molar-refractivity contribution in [2.45, 2.75) is 18.7 Å². The average molecular weight is 579 g/mol. The Morgan fingerprint density at radius 3 is 2.16 bits per heavy atom. The van der Waals surface area contributed by atoms with Crippen LogP contribution in [0.1, 0.15) is 45.2 Å². The van der Waals surface area contributed by atoms with Gasteiger partial charge in [0.15, 0.2) is 0 Å². The molecule has 8 nitrogen and oxygen atoms in total. The fraction of sp³-hybridized carbons (Fsp3) is 0.172. The van der Waals surface area contributed by atoms with E-state index < -0.39 is 23.8 Å². The Kier molecular flexibility index (Phi) is 10.8. The SMILES string of the molecule is CCOc1ccc(C(=O)NC(=Cc2ccccc2)C(=O)NCCC(=O)OC(=O)c2ccc(CBr)cc2)cc1. The second kappa shape index (κ2) is 14.5. The minimum absolute atomic E-state index is 0.00795. The summed E-state index contributed by atoms with van der Waals surface area (Å²) in [5.41, 5.74) is 2.25. The summed E-state index contributed by atoms with van der Waals surface area (Å²) in [6.07, 6.45) is 1.29. The number of halogens is 1. The number of ether oxygens (including phenoxy) is 2. The number of carbonyl (C=O) groups is 4. The maximum absolute atomic E-state index is 12.9. The van der Waals surface area contributed by atoms with Gasteiger partial charge in [-0.15, -0.1) is 0 Å². The molecule has 0 saturated carbocycles. The molecule has 3 rings (SSSR count). The van der Waals surface area contributed by atoms with Gasteiger partial charge in [-0.05, 0) is 60.5 Å². The lowest BCUT2D eigenvalue weighted by Gasteiger charge is -2.12. The van der Waals surface area contributed by atoms with Crippen molar-refractivity contribution in [3.8, 4) is 5.75 Å². The van der Waals surface area contributed by atoms with E-state index in [1.54, 1.807) is 72.8 Å². The van der Waals surface area contributed by atoms with Crippen LogP contribution in [0.15, 0.2) is 84.6 Å². The minimum atomic E-state index is -0.785. The highest BCUT2D eigenvalue weighted by molar-refractivity contribution is 9.08. The summed E-state index contributed by atoms with van der Waals surface area (Å²) in [5.74, 6) is -2.01. The van der Waals surface area contributed by atoms with E-state index in [-0.39, 0.29) is 24.2 Å². The smallest absolute Gasteiger partial charge is 0.345 e. The Bertz CT molecular complexity index is 1290. The van der Waals surface area contributed by atoms with Crippen molar-refractivity contribution >= 4 is 45.8 Å². The number of alkyl halides is 1. The highest BCUT2D eigenvalue weighted by atomic mass is 79.9. The molecule has 38 heavy (non-hydrogen) atoms. The Labute approximate surface area is 229 Å². The molecule has 0 spiro atoms. The third kappa shape index (κ3) is 8.70. The first-order valence-corrected chi connectivity index (χ1v) is 13.0. The molecular weight excluding hydrogens is 552 g/mol. The summed E-state index contributed by atoms with van der Waals surface area (Å²) in [5, 5.41) is 5.86. The predicted octanol–water partition coefficient (Wildman–Crippen LogP) is 4.64. The van der Waals surface area contributed by atoms with E-state index >= 15 is 0 Å². The highest BCUT2D eigenvalue weighted by Gasteiger charge is 2.17. The minimum Gasteiger partial charge on any atom is -0.494 e. The van der Waals surface area contributed by atoms with Crippen LogP contribution in [0.25, 0.3) is 6.08 Å². The summed E-state index contributed by atoms with van der Waals surface area (Å²) in [7, 11) is 0. The number of rotatable bonds is 11. The van der Waals surface area contributed by atoms with Crippen LogP contribution in [0, 0.1) is 0 Å². The van der Waals surface area contributed by atoms with Crippen LogP contribution in [0.4, 0.5) is 0 Å². The number of nitrogens with one attached hydrogen (secondary N) is 2. The Hall–Kier alpha value is -4.24. The first kappa shape index (κ1) is 28.3. The topological polar surface area (TPSA) is 111 Å². The standard InChI is InChI=1S/C29H27BrN2O6/c1-2-37-24-14-12-22(13-15-24)27(34)32-25(18-20-6-4-3-5-7-20)28(35)31-17-16-26(33)38-29(36)23-10-8-21(19-30)9-11-23/h3-15,18H,2,16-17,19H2,1H3,(H,31,35)(H,32,34). The van der Waals surface area contributed by atoms with Gasteiger partial charge in [0.05, 0.1) is 18.6 Å². The zero-order valence-electron chi connectivity index (χ0n) is 20.7. The molecule has 0 aliphatic carbocycles. The third-order valence-electron chi connectivity index (χ3n) is 5.20. The maximum Gasteiger partial charge on any atom is 0.345 e. The first-order valence-electron chi connectivity index (χ1n) is 11.9. The van der Waals surface area contributed by atoms with Gasteiger partial charge >= 0.3 is 11.9 Å². The Morgan fingerprint density at radius 2 is 1.53 bits per heavy atom. The van der Waals surface area contributed by atoms with Crippen molar-refractivity contribution in [2.75, 3.05) is 13.2 Å². The van der Waals surface area contributed by atoms with E-state index in [2.05, 4.69) is 26.6 Å². The van der Waals surface area contributed by atoms with E-state index in [0.29, 0.717) is 28.8 Å². The fourth-order valence-electron chi connectivity index (χ4n) is 3.25. The zero-order valence-corrected chi connectivity index (χ0v) is 22.3. The van der Waals surface area contributed by atoms with Gasteiger partial charge in [0.1, 0.15) is 11.4 Å². The van der Waals surface area contributed by atoms with Crippen molar-refractivity contribution in [3.63, 3.8) is 0 Å². The molecular formula is C29H27BrN2O6. The van der Waals surface area contributed by atoms with Crippen molar-refractivity contribution in [1.29, 1.82) is 0 Å². The molecule has 0 atom stereocenters. The number of amides is 2. The molecule has 2 N–H and O–H groups in total. The molecule has 0 aliphatic heterocycles. The fourth-order valence-corrected chi connectivity index (χ4v) is 3.63. The van der Waals surface area contributed by atoms with Crippen LogP contribution in [0.2, 0.25) is 0 Å². The molecule has 3 aromatic rings. The molecule has 0 radical (unpaired) electrons. The quantitative estimate of drug-likeness (QED) is 0.148. The number of hydrogen-bond donors (Lipinski definition) is 2. The molecule has 196 valence electrons. The number of esters is 2. The second-order valence-electron chi connectivity index (χ2n) is 7.98. The third-order valence-corrected chi connectivity index (χ3v) is 5.84. The summed E-state index contributed by atoms with van der Waals surface area (Å²) < 4.78 is 10.3. The van der Waals surface area contributed by atoms with Gasteiger partial charge in [0, 0.05) is 17.4 Å². The van der Waals surface area contributed by atoms with Crippen LogP contribution in [0.3, 0.4) is 0 Å². The van der Waals surface area contributed by atoms with Crippen LogP contribution in [-0.4, -0.2) is 36.9 Å². The highest BCUT2D eigenvalue weighted by Crippen LogP contribution is 2.13. The first-order chi connectivity index (χ1) is 18.4. The summed E-state index contributed by atoms with van der Waals surface area (Å²) in [6.45, 7) is 2.27. The van der Waals surface area contributed by atoms with E-state index in [1.807, 2.05) is 13.0 Å². The van der Waals surface area contributed by atoms with Crippen molar-refractivity contribution in [3.05, 3.63) is 107 Å². The van der Waals surface area contributed by atoms with E-state index in [9.17, 15) is 19.2 Å². The normalized spacial score (nSPS) is 10.8. The number of benzene rings is 3. The molecule has 2 amide bonds. The van der Waals surface area contributed by atoms with Gasteiger partial charge < -0.3 is 20.1 Å². The van der Waals surface area contributed by atoms with Crippen molar-refractivity contribution < 1.29 is 28.7 Å². The van der Waals surface area contributed by atoms with Crippen LogP contribution >= 0.6 is 15.9 Å². The van der Waals surface area contributed by atoms with Crippen LogP contribution < -0.4 is 15.4 Å². The summed E-state index contributed by atoms with van der Waals surface area (Å²) in [4.78, 5) is 50.0. The lowest BCUT2D eigenvalue weighted by atomic mass is 10.1. The molecule has 0 aliphatic rings. The van der Waals surface area contributed by atoms with Gasteiger partial charge in [-0.3, -0.25) is 14.4 Å². The molecule has 0 aromatic heterocycles. The van der Waals surface area contributed by atoms with Gasteiger partial charge in [-0.25, -0.2) is 4.79 Å². The lowest BCUT2D eigenvalue weighted by molar-refractivity contribution is -0.137. The molecule has 0 saturated heterocycles. The van der Waals surface area contributed by atoms with Gasteiger partial charge in [-0.2, -0.15) is 0 Å². The van der Waals surface area contributed by atoms with E-state index in [1.165, 1.54) is 6.08 Å². The molecule has 0 unspecified atom stereocenters. The summed E-state index contributed by atoms with van der Waals surface area (Å²) in [6, 6.07) is 22.2. The average Bonchev–Trinajstić information content (AvgIpc) is 2.93. The molecule has 0 fully saturated rings. The Balaban J connectivity index is 1.60. The zero-order chi connectivity index (χ0) is 27.3. The van der Waals surface area contributed by atoms with Crippen molar-refractivity contribution in [1.82, 2.24) is 10.6 Å². The van der Waals surface area contributed by atoms with E-state index in [4.69, 9.17) is 9.47 Å². The van der Waals surface area contributed by atoms with Crippen molar-refractivity contribution in [2.24, 2.45) is 0 Å². The predicted molar refractivity (Wildman–Crippen MR) is 147 cm³/mol. The van der Waals surface area contributed by atoms with Gasteiger partial charge in [0.25, 0.3) is 11.8 Å². The van der Waals surface area contributed by atoms with Gasteiger partial charge in [-0.1, -0.05) is 58.4 Å². The Morgan fingerprint density at radius 1 is 0.868 bits per heavy atom. The monoisotopic (exact) mass is 578 g/mol. The second-order valence-corrected chi connectivity index (χ2v) is 8.54. The maximum atomic E-state index is 12.9. The lowest BCUT2D eigenvalue weighted by Crippen LogP contribution is -2.36. The molecule has 9 heteroatoms. The molecule has 0 bridgehead atoms. The summed E-state index contributed by atoms with van der Waals surface area (Å²) >= 11 is 3.32. The van der Waals surface area contributed by atoms with E-state index in [0.717, 1.165) is 5.56 Å².